The summed E-state index contributed by atoms with van der Waals surface area (Å²) < 4.78 is 20.3. The van der Waals surface area contributed by atoms with Crippen molar-refractivity contribution in [2.75, 3.05) is 38.9 Å². The number of morpholine rings is 1. The number of amides is 1. The molecule has 0 aromatic carbocycles. The summed E-state index contributed by atoms with van der Waals surface area (Å²) in [5.74, 6) is -1.77. The molecule has 0 unspecified atom stereocenters. The van der Waals surface area contributed by atoms with Gasteiger partial charge in [0.05, 0.1) is 20.3 Å². The first-order valence-corrected chi connectivity index (χ1v) is 7.33. The van der Waals surface area contributed by atoms with Crippen LogP contribution in [0.3, 0.4) is 0 Å². The van der Waals surface area contributed by atoms with Crippen LogP contribution in [0.2, 0.25) is 0 Å². The molecular weight excluding hydrogens is 338 g/mol. The van der Waals surface area contributed by atoms with Gasteiger partial charge in [0, 0.05) is 18.8 Å². The highest BCUT2D eigenvalue weighted by molar-refractivity contribution is 5.97. The van der Waals surface area contributed by atoms with Crippen molar-refractivity contribution in [3.63, 3.8) is 0 Å². The second-order valence-corrected chi connectivity index (χ2v) is 5.16. The van der Waals surface area contributed by atoms with Crippen molar-refractivity contribution in [3.8, 4) is 5.75 Å². The van der Waals surface area contributed by atoms with Crippen LogP contribution >= 0.6 is 0 Å². The number of nitrogens with one attached hydrogen (secondary N) is 1. The Morgan fingerprint density at radius 3 is 2.96 bits per heavy atom. The zero-order valence-electron chi connectivity index (χ0n) is 13.2. The van der Waals surface area contributed by atoms with Crippen LogP contribution in [0.4, 0.5) is 4.79 Å². The van der Waals surface area contributed by atoms with Crippen molar-refractivity contribution in [2.24, 2.45) is 0 Å². The van der Waals surface area contributed by atoms with Gasteiger partial charge in [0.25, 0.3) is 5.91 Å². The molecule has 1 aromatic heterocycles. The molecule has 2 aliphatic rings. The van der Waals surface area contributed by atoms with Gasteiger partial charge in [-0.1, -0.05) is 0 Å². The lowest BCUT2D eigenvalue weighted by atomic mass is 10.2. The van der Waals surface area contributed by atoms with Crippen LogP contribution in [0.5, 0.6) is 5.75 Å². The van der Waals surface area contributed by atoms with Crippen molar-refractivity contribution in [1.29, 1.82) is 0 Å². The zero-order chi connectivity index (χ0) is 18.0. The number of carbonyl (C=O) groups excluding carboxylic acids is 3. The number of methoxy groups -OCH3 is 1. The Balaban J connectivity index is 1.86. The number of pyridine rings is 1. The highest BCUT2D eigenvalue weighted by Crippen LogP contribution is 2.22. The summed E-state index contributed by atoms with van der Waals surface area (Å²) in [4.78, 5) is 48.9. The number of hydrogen-bond acceptors (Lipinski definition) is 9. The second-order valence-electron chi connectivity index (χ2n) is 5.16. The van der Waals surface area contributed by atoms with E-state index < -0.39 is 42.0 Å². The fourth-order valence-corrected chi connectivity index (χ4v) is 2.46. The van der Waals surface area contributed by atoms with E-state index in [0.717, 1.165) is 13.2 Å². The molecule has 25 heavy (non-hydrogen) atoms. The molecule has 3 rings (SSSR count). The van der Waals surface area contributed by atoms with Crippen LogP contribution in [-0.4, -0.2) is 67.2 Å². The molecule has 11 nitrogen and oxygen atoms in total. The summed E-state index contributed by atoms with van der Waals surface area (Å²) in [6.45, 7) is 0.294. The van der Waals surface area contributed by atoms with Crippen molar-refractivity contribution in [2.45, 2.75) is 6.17 Å². The van der Waals surface area contributed by atoms with Crippen LogP contribution < -0.4 is 15.6 Å². The first kappa shape index (κ1) is 16.8. The summed E-state index contributed by atoms with van der Waals surface area (Å²) in [6.07, 6.45) is -0.336. The fourth-order valence-electron chi connectivity index (χ4n) is 2.46. The maximum atomic E-state index is 12.7. The Morgan fingerprint density at radius 2 is 2.20 bits per heavy atom. The molecule has 0 bridgehead atoms. The monoisotopic (exact) mass is 353 g/mol. The molecule has 1 fully saturated rings. The lowest BCUT2D eigenvalue weighted by molar-refractivity contribution is -0.144. The predicted octanol–water partition coefficient (Wildman–Crippen LogP) is -1.11. The van der Waals surface area contributed by atoms with Gasteiger partial charge < -0.3 is 29.3 Å². The molecular formula is C14H15N3O8. The molecule has 1 amide bonds. The summed E-state index contributed by atoms with van der Waals surface area (Å²) in [5.41, 5.74) is 2.17. The minimum Gasteiger partial charge on any atom is -0.466 e. The number of carbonyl (C=O) groups is 3. The number of rotatable bonds is 3. The topological polar surface area (TPSA) is 125 Å². The molecule has 0 spiro atoms. The number of fused-ring (bicyclic) bond motifs is 2. The minimum atomic E-state index is -1.30. The van der Waals surface area contributed by atoms with E-state index in [9.17, 15) is 19.2 Å². The Hall–Kier alpha value is -3.08. The third-order valence-electron chi connectivity index (χ3n) is 3.66. The standard InChI is InChI=1S/C14H15N3O8/c1-22-10(19)7-24-14(21)25-12-8(18)2-3-17-11(12)13(20)16-4-5-23-6-9(16)15-17/h2-3,9,15H,4-7H2,1H3/t9-/m0/s1. The molecule has 0 saturated carbocycles. The number of hydrogen-bond donors (Lipinski definition) is 1. The van der Waals surface area contributed by atoms with Crippen LogP contribution in [-0.2, 0) is 19.0 Å². The Bertz CT molecular complexity index is 774. The van der Waals surface area contributed by atoms with Gasteiger partial charge in [0.15, 0.2) is 12.3 Å². The average molecular weight is 353 g/mol. The van der Waals surface area contributed by atoms with Crippen LogP contribution in [0.15, 0.2) is 17.1 Å². The van der Waals surface area contributed by atoms with Gasteiger partial charge in [0.2, 0.25) is 11.2 Å². The van der Waals surface area contributed by atoms with Crippen molar-refractivity contribution in [3.05, 3.63) is 28.2 Å². The Morgan fingerprint density at radius 1 is 1.40 bits per heavy atom. The van der Waals surface area contributed by atoms with Crippen LogP contribution in [0.25, 0.3) is 0 Å². The smallest absolute Gasteiger partial charge is 0.466 e. The molecule has 0 radical (unpaired) electrons. The maximum absolute atomic E-state index is 12.7. The lowest BCUT2D eigenvalue weighted by Gasteiger charge is -2.41. The number of nitrogens with zero attached hydrogens (tertiary/aromatic N) is 2. The number of ether oxygens (including phenoxy) is 4. The summed E-state index contributed by atoms with van der Waals surface area (Å²) >= 11 is 0. The first-order valence-electron chi connectivity index (χ1n) is 7.33. The zero-order valence-corrected chi connectivity index (χ0v) is 13.2. The average Bonchev–Trinajstić information content (AvgIpc) is 2.62. The van der Waals surface area contributed by atoms with Gasteiger partial charge in [0.1, 0.15) is 6.17 Å². The van der Waals surface area contributed by atoms with Gasteiger partial charge in [-0.15, -0.1) is 0 Å². The lowest BCUT2D eigenvalue weighted by Crippen LogP contribution is -2.59. The van der Waals surface area contributed by atoms with Crippen molar-refractivity contribution >= 4 is 18.0 Å². The van der Waals surface area contributed by atoms with Gasteiger partial charge in [-0.3, -0.25) is 14.3 Å². The van der Waals surface area contributed by atoms with E-state index >= 15 is 0 Å². The van der Waals surface area contributed by atoms with E-state index in [1.807, 2.05) is 0 Å². The van der Waals surface area contributed by atoms with Gasteiger partial charge in [-0.05, 0) is 0 Å². The van der Waals surface area contributed by atoms with Gasteiger partial charge in [-0.25, -0.2) is 9.59 Å². The minimum absolute atomic E-state index is 0.138. The molecule has 1 saturated heterocycles. The highest BCUT2D eigenvalue weighted by Gasteiger charge is 2.37. The van der Waals surface area contributed by atoms with Gasteiger partial charge in [-0.2, -0.15) is 0 Å². The van der Waals surface area contributed by atoms with E-state index in [2.05, 4.69) is 14.9 Å². The highest BCUT2D eigenvalue weighted by atomic mass is 16.7. The molecule has 0 aliphatic carbocycles. The van der Waals surface area contributed by atoms with Crippen molar-refractivity contribution in [1.82, 2.24) is 9.58 Å². The Kier molecular flexibility index (Phi) is 4.57. The third kappa shape index (κ3) is 3.26. The molecule has 1 aromatic rings. The van der Waals surface area contributed by atoms with E-state index in [1.165, 1.54) is 15.8 Å². The fraction of sp³-hybridized carbons (Fsp3) is 0.429. The molecule has 11 heteroatoms. The van der Waals surface area contributed by atoms with E-state index in [1.54, 1.807) is 0 Å². The SMILES string of the molecule is COC(=O)COC(=O)Oc1c2n(ccc1=O)N[C@@H]1COCCN1C2=O. The summed E-state index contributed by atoms with van der Waals surface area (Å²) in [6, 6.07) is 1.13. The van der Waals surface area contributed by atoms with Crippen LogP contribution in [0.1, 0.15) is 10.5 Å². The normalized spacial score (nSPS) is 18.5. The largest absolute Gasteiger partial charge is 0.514 e. The van der Waals surface area contributed by atoms with E-state index in [-0.39, 0.29) is 12.3 Å². The summed E-state index contributed by atoms with van der Waals surface area (Å²) in [7, 11) is 1.13. The Labute approximate surface area is 141 Å². The van der Waals surface area contributed by atoms with E-state index in [0.29, 0.717) is 13.2 Å². The first-order chi connectivity index (χ1) is 12.0. The predicted molar refractivity (Wildman–Crippen MR) is 79.7 cm³/mol. The van der Waals surface area contributed by atoms with Gasteiger partial charge >= 0.3 is 12.1 Å². The quantitative estimate of drug-likeness (QED) is 0.673. The molecule has 1 atom stereocenters. The van der Waals surface area contributed by atoms with E-state index in [4.69, 9.17) is 9.47 Å². The molecule has 2 aliphatic heterocycles. The molecule has 134 valence electrons. The molecule has 3 heterocycles. The maximum Gasteiger partial charge on any atom is 0.514 e. The summed E-state index contributed by atoms with van der Waals surface area (Å²) in [5, 5.41) is 0. The number of esters is 1. The third-order valence-corrected chi connectivity index (χ3v) is 3.66. The molecule has 1 N–H and O–H groups in total. The number of aromatic nitrogens is 1. The van der Waals surface area contributed by atoms with Crippen LogP contribution in [0, 0.1) is 0 Å². The second kappa shape index (κ2) is 6.81. The van der Waals surface area contributed by atoms with Crippen molar-refractivity contribution < 1.29 is 33.3 Å².